The van der Waals surface area contributed by atoms with Gasteiger partial charge in [-0.1, -0.05) is 64.1 Å². The standard InChI is InChI=1S/C11H12BrFO.C6H3BrFI.C5H8O.C4H8O.C4H9.ClH.Li/c12-8-3-4-9(10(13)7-8)11(14)5-1-2-6-11;7-4-1-2-6(9)5(8)3-4;6-5-3-1-2-4-5;1-2-4-5-3-1;1-3-4-2;;/h3-4,7,14H,1-2,5-6H2;1-3H;1-4H2;1-4H2;1,3-4H2,2H3;1H;/q;;;;-1;;+1. The van der Waals surface area contributed by atoms with Gasteiger partial charge in [-0.25, -0.2) is 8.78 Å². The second kappa shape index (κ2) is 24.9. The smallest absolute Gasteiger partial charge is 0.385 e. The predicted molar refractivity (Wildman–Crippen MR) is 174 cm³/mol. The molecule has 2 saturated carbocycles. The van der Waals surface area contributed by atoms with E-state index < -0.39 is 5.60 Å². The zero-order chi connectivity index (χ0) is 28.4. The van der Waals surface area contributed by atoms with Crippen LogP contribution in [-0.4, -0.2) is 24.1 Å². The molecule has 1 heterocycles. The maximum absolute atomic E-state index is 13.6. The summed E-state index contributed by atoms with van der Waals surface area (Å²) in [4.78, 5) is 10.2. The van der Waals surface area contributed by atoms with Gasteiger partial charge in [-0.3, -0.25) is 4.79 Å². The van der Waals surface area contributed by atoms with Gasteiger partial charge in [0.1, 0.15) is 17.4 Å². The molecule has 222 valence electrons. The van der Waals surface area contributed by atoms with Crippen molar-refractivity contribution >= 4 is 72.6 Å². The van der Waals surface area contributed by atoms with E-state index >= 15 is 0 Å². The first-order valence-corrected chi connectivity index (χ1v) is 16.0. The summed E-state index contributed by atoms with van der Waals surface area (Å²) in [5.41, 5.74) is -0.483. The molecule has 0 aromatic heterocycles. The van der Waals surface area contributed by atoms with Gasteiger partial charge in [-0.2, -0.15) is 6.42 Å². The van der Waals surface area contributed by atoms with Gasteiger partial charge in [-0.15, -0.1) is 12.4 Å². The van der Waals surface area contributed by atoms with E-state index in [-0.39, 0.29) is 42.9 Å². The van der Waals surface area contributed by atoms with Crippen molar-refractivity contribution in [1.29, 1.82) is 0 Å². The van der Waals surface area contributed by atoms with Crippen LogP contribution in [0, 0.1) is 22.1 Å². The van der Waals surface area contributed by atoms with E-state index in [0.29, 0.717) is 32.2 Å². The SMILES string of the molecule is C1CCOC1.Cl.Fc1cc(Br)ccc1I.O=C1CCCC1.OC1(c2ccc(Br)cc2F)CCCC1.[CH2-]CCC.[Li+]. The zero-order valence-electron chi connectivity index (χ0n) is 23.6. The Morgan fingerprint density at radius 3 is 1.73 bits per heavy atom. The minimum absolute atomic E-state index is 0. The summed E-state index contributed by atoms with van der Waals surface area (Å²) < 4.78 is 33.2. The van der Waals surface area contributed by atoms with Crippen molar-refractivity contribution in [2.45, 2.75) is 89.6 Å². The van der Waals surface area contributed by atoms with Crippen LogP contribution in [0.15, 0.2) is 45.3 Å². The van der Waals surface area contributed by atoms with Crippen LogP contribution in [0.1, 0.15) is 89.5 Å². The fourth-order valence-electron chi connectivity index (χ4n) is 3.85. The molecule has 40 heavy (non-hydrogen) atoms. The number of aliphatic hydroxyl groups is 1. The average molecular weight is 817 g/mol. The third-order valence-electron chi connectivity index (χ3n) is 6.09. The Morgan fingerprint density at radius 1 is 0.925 bits per heavy atom. The van der Waals surface area contributed by atoms with Gasteiger partial charge in [0.2, 0.25) is 0 Å². The summed E-state index contributed by atoms with van der Waals surface area (Å²) >= 11 is 8.30. The second-order valence-electron chi connectivity index (χ2n) is 9.34. The molecular formula is C30H41Br2ClF2ILiO3. The van der Waals surface area contributed by atoms with Gasteiger partial charge < -0.3 is 16.8 Å². The van der Waals surface area contributed by atoms with Crippen molar-refractivity contribution in [3.05, 3.63) is 73.0 Å². The topological polar surface area (TPSA) is 46.5 Å². The molecule has 0 atom stereocenters. The fraction of sp³-hybridized carbons (Fsp3) is 0.533. The number of benzene rings is 2. The third-order valence-corrected chi connectivity index (χ3v) is 7.95. The van der Waals surface area contributed by atoms with Crippen molar-refractivity contribution in [2.24, 2.45) is 0 Å². The number of rotatable bonds is 2. The zero-order valence-corrected chi connectivity index (χ0v) is 29.8. The van der Waals surface area contributed by atoms with Gasteiger partial charge in [-0.05, 0) is 91.4 Å². The second-order valence-corrected chi connectivity index (χ2v) is 12.3. The average Bonchev–Trinajstić information content (AvgIpc) is 3.68. The Labute approximate surface area is 288 Å². The quantitative estimate of drug-likeness (QED) is 0.148. The molecule has 2 aromatic rings. The van der Waals surface area contributed by atoms with Crippen LogP contribution >= 0.6 is 66.9 Å². The van der Waals surface area contributed by atoms with Crippen LogP contribution in [-0.2, 0) is 15.1 Å². The Kier molecular flexibility index (Phi) is 26.5. The first-order chi connectivity index (χ1) is 18.1. The molecule has 3 aliphatic rings. The summed E-state index contributed by atoms with van der Waals surface area (Å²) in [5.74, 6) is -0.0382. The third kappa shape index (κ3) is 18.2. The summed E-state index contributed by atoms with van der Waals surface area (Å²) in [7, 11) is 0. The van der Waals surface area contributed by atoms with Crippen LogP contribution in [0.25, 0.3) is 0 Å². The van der Waals surface area contributed by atoms with E-state index in [1.165, 1.54) is 31.4 Å². The first-order valence-electron chi connectivity index (χ1n) is 13.3. The van der Waals surface area contributed by atoms with E-state index in [1.54, 1.807) is 18.2 Å². The monoisotopic (exact) mass is 814 g/mol. The molecule has 0 bridgehead atoms. The Hall–Kier alpha value is 0.467. The van der Waals surface area contributed by atoms with Crippen LogP contribution in [0.5, 0.6) is 0 Å². The minimum atomic E-state index is -0.926. The van der Waals surface area contributed by atoms with E-state index in [0.717, 1.165) is 62.6 Å². The molecule has 0 amide bonds. The van der Waals surface area contributed by atoms with Crippen LogP contribution in [0.4, 0.5) is 8.78 Å². The normalized spacial score (nSPS) is 16.2. The molecule has 1 saturated heterocycles. The number of carbonyl (C=O) groups is 1. The Balaban J connectivity index is 0. The number of ketones is 1. The van der Waals surface area contributed by atoms with Crippen LogP contribution in [0.3, 0.4) is 0 Å². The van der Waals surface area contributed by atoms with Crippen molar-refractivity contribution in [3.8, 4) is 0 Å². The Bertz CT molecular complexity index is 945. The molecular weight excluding hydrogens is 775 g/mol. The summed E-state index contributed by atoms with van der Waals surface area (Å²) in [6.07, 6.45) is 12.1. The van der Waals surface area contributed by atoms with Gasteiger partial charge in [0.15, 0.2) is 0 Å². The molecule has 5 rings (SSSR count). The van der Waals surface area contributed by atoms with Gasteiger partial charge in [0.05, 0.1) is 5.60 Å². The van der Waals surface area contributed by atoms with E-state index in [1.807, 2.05) is 28.7 Å². The van der Waals surface area contributed by atoms with E-state index in [9.17, 15) is 18.7 Å². The van der Waals surface area contributed by atoms with Gasteiger partial charge in [0.25, 0.3) is 0 Å². The maximum Gasteiger partial charge on any atom is 1.00 e. The number of hydrogen-bond acceptors (Lipinski definition) is 3. The number of halogens is 6. The molecule has 10 heteroatoms. The van der Waals surface area contributed by atoms with Gasteiger partial charge >= 0.3 is 18.9 Å². The number of Topliss-reactive ketones (excluding diaryl/α,β-unsaturated/α-hetero) is 1. The maximum atomic E-state index is 13.6. The molecule has 2 aromatic carbocycles. The van der Waals surface area contributed by atoms with E-state index in [2.05, 4.69) is 45.7 Å². The molecule has 2 aliphatic carbocycles. The molecule has 0 radical (unpaired) electrons. The number of hydrogen-bond donors (Lipinski definition) is 1. The predicted octanol–water partition coefficient (Wildman–Crippen LogP) is 7.52. The van der Waals surface area contributed by atoms with Crippen molar-refractivity contribution in [1.82, 2.24) is 0 Å². The van der Waals surface area contributed by atoms with Crippen molar-refractivity contribution in [3.63, 3.8) is 0 Å². The molecule has 0 spiro atoms. The van der Waals surface area contributed by atoms with Crippen LogP contribution < -0.4 is 18.9 Å². The van der Waals surface area contributed by atoms with Crippen molar-refractivity contribution < 1.29 is 42.3 Å². The number of ether oxygens (including phenoxy) is 1. The molecule has 1 N–H and O–H groups in total. The van der Waals surface area contributed by atoms with Crippen molar-refractivity contribution in [2.75, 3.05) is 13.2 Å². The number of carbonyl (C=O) groups excluding carboxylic acids is 1. The molecule has 1 aliphatic heterocycles. The molecule has 3 fully saturated rings. The fourth-order valence-corrected chi connectivity index (χ4v) is 4.85. The molecule has 3 nitrogen and oxygen atoms in total. The molecule has 0 unspecified atom stereocenters. The van der Waals surface area contributed by atoms with Crippen LogP contribution in [0.2, 0.25) is 0 Å². The van der Waals surface area contributed by atoms with Gasteiger partial charge in [0, 0.05) is 44.1 Å². The minimum Gasteiger partial charge on any atom is -0.385 e. The Morgan fingerprint density at radius 2 is 1.40 bits per heavy atom. The summed E-state index contributed by atoms with van der Waals surface area (Å²) in [5, 5.41) is 10.2. The number of unbranched alkanes of at least 4 members (excludes halogenated alkanes) is 1. The summed E-state index contributed by atoms with van der Waals surface area (Å²) in [6.45, 7) is 7.72. The summed E-state index contributed by atoms with van der Waals surface area (Å²) in [6, 6.07) is 9.83. The first kappa shape index (κ1) is 42.6. The van der Waals surface area contributed by atoms with E-state index in [4.69, 9.17) is 4.74 Å². The largest absolute Gasteiger partial charge is 1.00 e.